The number of amides is 1. The number of rotatable bonds is 6. The standard InChI is InChI=1S/C17H21F3N4OS/c18-17(19,20)16(25)21-7-3-4-8-23-9-11-24(12-10-23)15-13-5-1-2-6-14(13)26-22-15/h1-2,5-6H,3-4,7-12H2,(H,21,25). The van der Waals surface area contributed by atoms with Crippen molar-refractivity contribution in [2.75, 3.05) is 44.2 Å². The van der Waals surface area contributed by atoms with Gasteiger partial charge in [-0.25, -0.2) is 0 Å². The minimum Gasteiger partial charge on any atom is -0.353 e. The quantitative estimate of drug-likeness (QED) is 0.776. The zero-order valence-electron chi connectivity index (χ0n) is 14.3. The number of hydrogen-bond acceptors (Lipinski definition) is 5. The maximum Gasteiger partial charge on any atom is 0.471 e. The number of unbranched alkanes of at least 4 members (excludes halogenated alkanes) is 1. The van der Waals surface area contributed by atoms with Gasteiger partial charge in [0.25, 0.3) is 0 Å². The lowest BCUT2D eigenvalue weighted by Gasteiger charge is -2.35. The van der Waals surface area contributed by atoms with Crippen LogP contribution in [0.25, 0.3) is 10.1 Å². The van der Waals surface area contributed by atoms with Gasteiger partial charge in [0.1, 0.15) is 5.82 Å². The molecular weight excluding hydrogens is 365 g/mol. The van der Waals surface area contributed by atoms with Gasteiger partial charge >= 0.3 is 12.1 Å². The first-order chi connectivity index (χ1) is 12.4. The van der Waals surface area contributed by atoms with Gasteiger partial charge in [0, 0.05) is 38.1 Å². The molecular formula is C17H21F3N4OS. The molecule has 1 aliphatic rings. The molecule has 0 spiro atoms. The summed E-state index contributed by atoms with van der Waals surface area (Å²) in [5.41, 5.74) is 0. The van der Waals surface area contributed by atoms with Gasteiger partial charge in [-0.05, 0) is 43.1 Å². The molecule has 1 aromatic carbocycles. The molecule has 0 bridgehead atoms. The van der Waals surface area contributed by atoms with E-state index in [9.17, 15) is 18.0 Å². The van der Waals surface area contributed by atoms with Crippen molar-refractivity contribution < 1.29 is 18.0 Å². The Morgan fingerprint density at radius 2 is 1.88 bits per heavy atom. The van der Waals surface area contributed by atoms with Crippen LogP contribution in [0.15, 0.2) is 24.3 Å². The number of nitrogens with zero attached hydrogens (tertiary/aromatic N) is 3. The van der Waals surface area contributed by atoms with Crippen LogP contribution in [0.4, 0.5) is 19.0 Å². The normalized spacial score (nSPS) is 16.2. The monoisotopic (exact) mass is 386 g/mol. The average Bonchev–Trinajstić information content (AvgIpc) is 3.05. The van der Waals surface area contributed by atoms with E-state index in [4.69, 9.17) is 0 Å². The summed E-state index contributed by atoms with van der Waals surface area (Å²) in [6, 6.07) is 8.20. The Morgan fingerprint density at radius 1 is 1.15 bits per heavy atom. The van der Waals surface area contributed by atoms with Gasteiger partial charge < -0.3 is 10.2 Å². The topological polar surface area (TPSA) is 48.5 Å². The van der Waals surface area contributed by atoms with Gasteiger partial charge in [-0.3, -0.25) is 9.69 Å². The van der Waals surface area contributed by atoms with Crippen LogP contribution in [0.5, 0.6) is 0 Å². The van der Waals surface area contributed by atoms with Crippen LogP contribution in [0, 0.1) is 0 Å². The van der Waals surface area contributed by atoms with Gasteiger partial charge in [-0.1, -0.05) is 12.1 Å². The van der Waals surface area contributed by atoms with Crippen molar-refractivity contribution in [1.82, 2.24) is 14.6 Å². The molecule has 0 saturated carbocycles. The smallest absolute Gasteiger partial charge is 0.353 e. The Hall–Kier alpha value is -1.87. The summed E-state index contributed by atoms with van der Waals surface area (Å²) >= 11 is 1.51. The van der Waals surface area contributed by atoms with Gasteiger partial charge in [-0.2, -0.15) is 17.5 Å². The zero-order valence-corrected chi connectivity index (χ0v) is 15.1. The van der Waals surface area contributed by atoms with Crippen LogP contribution in [0.3, 0.4) is 0 Å². The molecule has 1 saturated heterocycles. The fourth-order valence-electron chi connectivity index (χ4n) is 3.05. The lowest BCUT2D eigenvalue weighted by atomic mass is 10.2. The third kappa shape index (κ3) is 4.64. The van der Waals surface area contributed by atoms with Crippen molar-refractivity contribution in [3.8, 4) is 0 Å². The second kappa shape index (κ2) is 8.22. The molecule has 0 unspecified atom stereocenters. The molecule has 1 N–H and O–H groups in total. The second-order valence-corrected chi connectivity index (χ2v) is 7.10. The summed E-state index contributed by atoms with van der Waals surface area (Å²) in [6.45, 7) is 4.47. The molecule has 0 radical (unpaired) electrons. The summed E-state index contributed by atoms with van der Waals surface area (Å²) in [5, 5.41) is 3.09. The number of fused-ring (bicyclic) bond motifs is 1. The molecule has 1 aromatic heterocycles. The lowest BCUT2D eigenvalue weighted by Crippen LogP contribution is -2.46. The Balaban J connectivity index is 1.37. The van der Waals surface area contributed by atoms with E-state index in [1.165, 1.54) is 21.6 Å². The lowest BCUT2D eigenvalue weighted by molar-refractivity contribution is -0.173. The highest BCUT2D eigenvalue weighted by atomic mass is 32.1. The molecule has 9 heteroatoms. The number of carbonyl (C=O) groups is 1. The van der Waals surface area contributed by atoms with E-state index in [1.807, 2.05) is 17.4 Å². The number of aromatic nitrogens is 1. The SMILES string of the molecule is O=C(NCCCCN1CCN(c2nsc3ccccc23)CC1)C(F)(F)F. The van der Waals surface area contributed by atoms with Crippen molar-refractivity contribution in [3.05, 3.63) is 24.3 Å². The third-order valence-electron chi connectivity index (χ3n) is 4.47. The van der Waals surface area contributed by atoms with E-state index in [-0.39, 0.29) is 6.54 Å². The number of hydrogen-bond donors (Lipinski definition) is 1. The number of halogens is 3. The average molecular weight is 386 g/mol. The molecule has 1 amide bonds. The van der Waals surface area contributed by atoms with E-state index in [2.05, 4.69) is 26.3 Å². The summed E-state index contributed by atoms with van der Waals surface area (Å²) in [4.78, 5) is 15.3. The van der Waals surface area contributed by atoms with Gasteiger partial charge in [0.15, 0.2) is 0 Å². The number of piperazine rings is 1. The Kier molecular flexibility index (Phi) is 5.98. The maximum absolute atomic E-state index is 12.1. The Labute approximate surface area is 153 Å². The predicted molar refractivity (Wildman–Crippen MR) is 96.6 cm³/mol. The number of anilines is 1. The van der Waals surface area contributed by atoms with Crippen molar-refractivity contribution in [2.45, 2.75) is 19.0 Å². The number of alkyl halides is 3. The van der Waals surface area contributed by atoms with Crippen molar-refractivity contribution in [1.29, 1.82) is 0 Å². The Bertz CT molecular complexity index is 741. The van der Waals surface area contributed by atoms with Crippen molar-refractivity contribution in [3.63, 3.8) is 0 Å². The fraction of sp³-hybridized carbons (Fsp3) is 0.529. The summed E-state index contributed by atoms with van der Waals surface area (Å²) in [7, 11) is 0. The first kappa shape index (κ1) is 18.9. The summed E-state index contributed by atoms with van der Waals surface area (Å²) in [6.07, 6.45) is -3.49. The van der Waals surface area contributed by atoms with Crippen LogP contribution in [0.2, 0.25) is 0 Å². The van der Waals surface area contributed by atoms with Crippen molar-refractivity contribution >= 4 is 33.3 Å². The molecule has 0 aliphatic carbocycles. The number of carbonyl (C=O) groups excluding carboxylic acids is 1. The first-order valence-corrected chi connectivity index (χ1v) is 9.39. The molecule has 26 heavy (non-hydrogen) atoms. The largest absolute Gasteiger partial charge is 0.471 e. The molecule has 2 aromatic rings. The van der Waals surface area contributed by atoms with Crippen LogP contribution >= 0.6 is 11.5 Å². The molecule has 0 atom stereocenters. The van der Waals surface area contributed by atoms with E-state index in [1.54, 1.807) is 0 Å². The predicted octanol–water partition coefficient (Wildman–Crippen LogP) is 2.88. The van der Waals surface area contributed by atoms with Crippen LogP contribution in [0.1, 0.15) is 12.8 Å². The summed E-state index contributed by atoms with van der Waals surface area (Å²) < 4.78 is 42.0. The van der Waals surface area contributed by atoms with Crippen LogP contribution < -0.4 is 10.2 Å². The Morgan fingerprint density at radius 3 is 2.62 bits per heavy atom. The van der Waals surface area contributed by atoms with Gasteiger partial charge in [-0.15, -0.1) is 0 Å². The van der Waals surface area contributed by atoms with Crippen molar-refractivity contribution in [2.24, 2.45) is 0 Å². The summed E-state index contributed by atoms with van der Waals surface area (Å²) in [5.74, 6) is -0.818. The molecule has 3 rings (SSSR count). The second-order valence-electron chi connectivity index (χ2n) is 6.29. The van der Waals surface area contributed by atoms with E-state index < -0.39 is 12.1 Å². The molecule has 1 fully saturated rings. The van der Waals surface area contributed by atoms with Crippen LogP contribution in [-0.2, 0) is 4.79 Å². The highest BCUT2D eigenvalue weighted by Gasteiger charge is 2.38. The van der Waals surface area contributed by atoms with Crippen LogP contribution in [-0.4, -0.2) is 60.6 Å². The van der Waals surface area contributed by atoms with E-state index in [0.717, 1.165) is 45.0 Å². The minimum absolute atomic E-state index is 0.0587. The highest BCUT2D eigenvalue weighted by Crippen LogP contribution is 2.29. The molecule has 142 valence electrons. The molecule has 5 nitrogen and oxygen atoms in total. The molecule has 1 aliphatic heterocycles. The number of nitrogens with one attached hydrogen (secondary N) is 1. The van der Waals surface area contributed by atoms with E-state index in [0.29, 0.717) is 6.42 Å². The highest BCUT2D eigenvalue weighted by molar-refractivity contribution is 7.13. The van der Waals surface area contributed by atoms with E-state index >= 15 is 0 Å². The number of benzene rings is 1. The maximum atomic E-state index is 12.1. The fourth-order valence-corrected chi connectivity index (χ4v) is 3.84. The minimum atomic E-state index is -4.80. The van der Waals surface area contributed by atoms with Gasteiger partial charge in [0.05, 0.1) is 4.70 Å². The first-order valence-electron chi connectivity index (χ1n) is 8.62. The zero-order chi connectivity index (χ0) is 18.6. The third-order valence-corrected chi connectivity index (χ3v) is 5.29. The molecule has 2 heterocycles. The van der Waals surface area contributed by atoms with Gasteiger partial charge in [0.2, 0.25) is 0 Å².